The molecule has 0 bridgehead atoms. The molecule has 7 heteroatoms. The van der Waals surface area contributed by atoms with E-state index in [1.165, 1.54) is 20.2 Å². The highest BCUT2D eigenvalue weighted by Crippen LogP contribution is 2.10. The SMILES string of the molecule is COC(=O)c1cn(COCC[Si](C)(C)C)c(C(C)=O)n1. The first-order valence-corrected chi connectivity index (χ1v) is 10.2. The third-order valence-corrected chi connectivity index (χ3v) is 4.42. The summed E-state index contributed by atoms with van der Waals surface area (Å²) in [5.74, 6) is -0.569. The van der Waals surface area contributed by atoms with Crippen LogP contribution in [-0.4, -0.2) is 43.1 Å². The summed E-state index contributed by atoms with van der Waals surface area (Å²) in [6.07, 6.45) is 1.48. The minimum atomic E-state index is -1.14. The smallest absolute Gasteiger partial charge is 0.358 e. The molecule has 0 aliphatic rings. The molecule has 0 unspecified atom stereocenters. The highest BCUT2D eigenvalue weighted by atomic mass is 28.3. The maximum absolute atomic E-state index is 11.5. The number of nitrogens with zero attached hydrogens (tertiary/aromatic N) is 2. The Labute approximate surface area is 120 Å². The van der Waals surface area contributed by atoms with Gasteiger partial charge in [-0.25, -0.2) is 9.78 Å². The zero-order valence-electron chi connectivity index (χ0n) is 12.7. The summed E-state index contributed by atoms with van der Waals surface area (Å²) in [6.45, 7) is 9.06. The van der Waals surface area contributed by atoms with Gasteiger partial charge < -0.3 is 14.0 Å². The molecule has 20 heavy (non-hydrogen) atoms. The van der Waals surface area contributed by atoms with E-state index in [0.717, 1.165) is 6.04 Å². The number of carbonyl (C=O) groups is 2. The molecule has 0 N–H and O–H groups in total. The summed E-state index contributed by atoms with van der Waals surface area (Å²) in [5.41, 5.74) is 0.117. The van der Waals surface area contributed by atoms with Crippen LogP contribution in [0.4, 0.5) is 0 Å². The number of aromatic nitrogens is 2. The first-order chi connectivity index (χ1) is 9.24. The van der Waals surface area contributed by atoms with Gasteiger partial charge in [-0.2, -0.15) is 0 Å². The van der Waals surface area contributed by atoms with Crippen LogP contribution in [0.5, 0.6) is 0 Å². The van der Waals surface area contributed by atoms with Gasteiger partial charge >= 0.3 is 5.97 Å². The van der Waals surface area contributed by atoms with Crippen molar-refractivity contribution in [3.63, 3.8) is 0 Å². The molecule has 0 fully saturated rings. The lowest BCUT2D eigenvalue weighted by Gasteiger charge is -2.15. The maximum Gasteiger partial charge on any atom is 0.358 e. The Balaban J connectivity index is 2.71. The summed E-state index contributed by atoms with van der Waals surface area (Å²) in [7, 11) is 0.137. The largest absolute Gasteiger partial charge is 0.464 e. The lowest BCUT2D eigenvalue weighted by atomic mass is 10.4. The Morgan fingerprint density at radius 2 is 2.00 bits per heavy atom. The van der Waals surface area contributed by atoms with Crippen molar-refractivity contribution in [2.75, 3.05) is 13.7 Å². The van der Waals surface area contributed by atoms with Crippen molar-refractivity contribution < 1.29 is 19.1 Å². The minimum Gasteiger partial charge on any atom is -0.464 e. The molecule has 0 aliphatic heterocycles. The van der Waals surface area contributed by atoms with Crippen LogP contribution in [0.2, 0.25) is 25.7 Å². The van der Waals surface area contributed by atoms with E-state index in [1.54, 1.807) is 4.57 Å². The van der Waals surface area contributed by atoms with Crippen molar-refractivity contribution in [1.82, 2.24) is 9.55 Å². The van der Waals surface area contributed by atoms with Crippen LogP contribution in [-0.2, 0) is 16.2 Å². The van der Waals surface area contributed by atoms with Gasteiger partial charge in [-0.1, -0.05) is 19.6 Å². The van der Waals surface area contributed by atoms with E-state index >= 15 is 0 Å². The molecular weight excluding hydrogens is 276 g/mol. The third-order valence-electron chi connectivity index (χ3n) is 2.71. The molecule has 0 atom stereocenters. The van der Waals surface area contributed by atoms with Crippen molar-refractivity contribution in [3.8, 4) is 0 Å². The normalized spacial score (nSPS) is 11.4. The van der Waals surface area contributed by atoms with Gasteiger partial charge in [0, 0.05) is 27.8 Å². The van der Waals surface area contributed by atoms with Gasteiger partial charge in [0.15, 0.2) is 17.3 Å². The molecule has 0 radical (unpaired) electrons. The van der Waals surface area contributed by atoms with Gasteiger partial charge in [-0.3, -0.25) is 4.79 Å². The number of ether oxygens (including phenoxy) is 2. The number of hydrogen-bond donors (Lipinski definition) is 0. The third kappa shape index (κ3) is 4.90. The number of carbonyl (C=O) groups excluding carboxylic acids is 2. The number of methoxy groups -OCH3 is 1. The van der Waals surface area contributed by atoms with Gasteiger partial charge in [-0.05, 0) is 6.04 Å². The van der Waals surface area contributed by atoms with Crippen molar-refractivity contribution >= 4 is 19.8 Å². The van der Waals surface area contributed by atoms with Gasteiger partial charge in [0.25, 0.3) is 0 Å². The molecule has 1 aromatic heterocycles. The second kappa shape index (κ2) is 6.80. The second-order valence-electron chi connectivity index (χ2n) is 5.82. The fraction of sp³-hybridized carbons (Fsp3) is 0.615. The topological polar surface area (TPSA) is 70.4 Å². The molecule has 1 heterocycles. The Kier molecular flexibility index (Phi) is 5.64. The molecule has 0 amide bonds. The van der Waals surface area contributed by atoms with Gasteiger partial charge in [-0.15, -0.1) is 0 Å². The molecule has 1 aromatic rings. The highest BCUT2D eigenvalue weighted by Gasteiger charge is 2.18. The van der Waals surface area contributed by atoms with Gasteiger partial charge in [0.1, 0.15) is 6.73 Å². The first kappa shape index (κ1) is 16.6. The van der Waals surface area contributed by atoms with Crippen molar-refractivity contribution in [2.45, 2.75) is 39.3 Å². The number of Topliss-reactive ketones (excluding diaryl/α,β-unsaturated/α-hetero) is 1. The average molecular weight is 298 g/mol. The monoisotopic (exact) mass is 298 g/mol. The van der Waals surface area contributed by atoms with Crippen LogP contribution in [0.3, 0.4) is 0 Å². The Hall–Kier alpha value is -1.47. The van der Waals surface area contributed by atoms with E-state index in [0.29, 0.717) is 6.61 Å². The number of rotatable bonds is 7. The number of ketones is 1. The summed E-state index contributed by atoms with van der Waals surface area (Å²) in [5, 5.41) is 0. The molecular formula is C13H22N2O4Si. The van der Waals surface area contributed by atoms with E-state index in [-0.39, 0.29) is 24.0 Å². The standard InChI is InChI=1S/C13H22N2O4Si/c1-10(16)12-14-11(13(17)18-2)8-15(12)9-19-6-7-20(3,4)5/h8H,6-7,9H2,1-5H3. The fourth-order valence-electron chi connectivity index (χ4n) is 1.54. The van der Waals surface area contributed by atoms with Crippen LogP contribution in [0.15, 0.2) is 6.20 Å². The van der Waals surface area contributed by atoms with Crippen LogP contribution in [0.25, 0.3) is 0 Å². The Bertz CT molecular complexity index is 491. The molecule has 0 spiro atoms. The Morgan fingerprint density at radius 1 is 1.35 bits per heavy atom. The second-order valence-corrected chi connectivity index (χ2v) is 11.4. The number of hydrogen-bond acceptors (Lipinski definition) is 5. The zero-order valence-corrected chi connectivity index (χ0v) is 13.7. The summed E-state index contributed by atoms with van der Waals surface area (Å²) in [4.78, 5) is 26.9. The molecule has 0 saturated heterocycles. The van der Waals surface area contributed by atoms with E-state index in [2.05, 4.69) is 29.4 Å². The van der Waals surface area contributed by atoms with Gasteiger partial charge in [0.2, 0.25) is 0 Å². The van der Waals surface area contributed by atoms with E-state index in [1.807, 2.05) is 0 Å². The molecule has 0 aromatic carbocycles. The quantitative estimate of drug-likeness (QED) is 0.334. The van der Waals surface area contributed by atoms with E-state index in [9.17, 15) is 9.59 Å². The number of esters is 1. The molecule has 0 aliphatic carbocycles. The fourth-order valence-corrected chi connectivity index (χ4v) is 2.30. The lowest BCUT2D eigenvalue weighted by Crippen LogP contribution is -2.22. The predicted octanol–water partition coefficient (Wildman–Crippen LogP) is 2.18. The van der Waals surface area contributed by atoms with Crippen molar-refractivity contribution in [2.24, 2.45) is 0 Å². The number of imidazole rings is 1. The van der Waals surface area contributed by atoms with Crippen LogP contribution in [0, 0.1) is 0 Å². The first-order valence-electron chi connectivity index (χ1n) is 6.49. The predicted molar refractivity (Wildman–Crippen MR) is 77.7 cm³/mol. The molecule has 6 nitrogen and oxygen atoms in total. The minimum absolute atomic E-state index is 0.117. The van der Waals surface area contributed by atoms with E-state index < -0.39 is 14.0 Å². The highest BCUT2D eigenvalue weighted by molar-refractivity contribution is 6.76. The summed E-state index contributed by atoms with van der Waals surface area (Å²) in [6, 6.07) is 1.04. The summed E-state index contributed by atoms with van der Waals surface area (Å²) < 4.78 is 11.7. The zero-order chi connectivity index (χ0) is 15.3. The molecule has 0 saturated carbocycles. The van der Waals surface area contributed by atoms with Gasteiger partial charge in [0.05, 0.1) is 7.11 Å². The van der Waals surface area contributed by atoms with Crippen LogP contribution in [0.1, 0.15) is 28.0 Å². The Morgan fingerprint density at radius 3 is 2.50 bits per heavy atom. The van der Waals surface area contributed by atoms with Crippen LogP contribution < -0.4 is 0 Å². The maximum atomic E-state index is 11.5. The molecule has 112 valence electrons. The van der Waals surface area contributed by atoms with Crippen molar-refractivity contribution in [3.05, 3.63) is 17.7 Å². The van der Waals surface area contributed by atoms with Crippen molar-refractivity contribution in [1.29, 1.82) is 0 Å². The molecule has 1 rings (SSSR count). The summed E-state index contributed by atoms with van der Waals surface area (Å²) >= 11 is 0. The average Bonchev–Trinajstić information content (AvgIpc) is 2.76. The lowest BCUT2D eigenvalue weighted by molar-refractivity contribution is 0.0593. The van der Waals surface area contributed by atoms with Crippen LogP contribution >= 0.6 is 0 Å². The van der Waals surface area contributed by atoms with E-state index in [4.69, 9.17) is 4.74 Å².